The minimum Gasteiger partial charge on any atom is -0.477 e. The summed E-state index contributed by atoms with van der Waals surface area (Å²) in [5.41, 5.74) is 0.178. The van der Waals surface area contributed by atoms with E-state index in [9.17, 15) is 23.9 Å². The van der Waals surface area contributed by atoms with E-state index in [1.165, 1.54) is 18.0 Å². The Bertz CT molecular complexity index is 1520. The maximum Gasteiger partial charge on any atom is 0.341 e. The van der Waals surface area contributed by atoms with Gasteiger partial charge in [-0.15, -0.1) is 11.8 Å². The fraction of sp³-hybridized carbons (Fsp3) is 0.444. The summed E-state index contributed by atoms with van der Waals surface area (Å²) in [4.78, 5) is 48.2. The number of rotatable bonds is 8. The summed E-state index contributed by atoms with van der Waals surface area (Å²) in [5, 5.41) is 15.3. The number of nitrogens with one attached hydrogen (secondary N) is 2. The van der Waals surface area contributed by atoms with E-state index in [1.54, 1.807) is 4.57 Å². The molecule has 2 aliphatic heterocycles. The third-order valence-electron chi connectivity index (χ3n) is 7.60. The maximum atomic E-state index is 14.9. The molecular formula is C27H29FN6O4S. The van der Waals surface area contributed by atoms with Crippen LogP contribution in [0.2, 0.25) is 0 Å². The van der Waals surface area contributed by atoms with Gasteiger partial charge in [0.05, 0.1) is 21.7 Å². The molecule has 204 valence electrons. The van der Waals surface area contributed by atoms with Gasteiger partial charge in [0.2, 0.25) is 11.3 Å². The SMILES string of the molecule is O=C1CSc2ccc(CN3CCC(CCNc4nc5c(cc4F)c(=O)c(C(=O)O)cn5C4CC4)CC3)nc2N1. The number of hydrogen-bond donors (Lipinski definition) is 3. The van der Waals surface area contributed by atoms with Gasteiger partial charge < -0.3 is 20.3 Å². The van der Waals surface area contributed by atoms with Crippen LogP contribution in [0.5, 0.6) is 0 Å². The Hall–Kier alpha value is -3.51. The van der Waals surface area contributed by atoms with E-state index in [1.807, 2.05) is 12.1 Å². The van der Waals surface area contributed by atoms with Crippen molar-refractivity contribution in [3.05, 3.63) is 51.7 Å². The zero-order valence-corrected chi connectivity index (χ0v) is 22.1. The summed E-state index contributed by atoms with van der Waals surface area (Å²) in [7, 11) is 0. The van der Waals surface area contributed by atoms with Crippen molar-refractivity contribution in [3.63, 3.8) is 0 Å². The number of anilines is 2. The van der Waals surface area contributed by atoms with Crippen molar-refractivity contribution in [1.82, 2.24) is 19.4 Å². The molecular weight excluding hydrogens is 523 g/mol. The van der Waals surface area contributed by atoms with Crippen LogP contribution in [-0.2, 0) is 11.3 Å². The number of carboxylic acid groups (broad SMARTS) is 1. The first-order valence-electron chi connectivity index (χ1n) is 13.2. The maximum absolute atomic E-state index is 14.9. The first-order chi connectivity index (χ1) is 18.9. The van der Waals surface area contributed by atoms with Gasteiger partial charge in [0, 0.05) is 25.3 Å². The normalized spacial score (nSPS) is 18.1. The zero-order valence-electron chi connectivity index (χ0n) is 21.3. The lowest BCUT2D eigenvalue weighted by atomic mass is 9.93. The molecule has 0 radical (unpaired) electrons. The molecule has 1 amide bonds. The fourth-order valence-electron chi connectivity index (χ4n) is 5.30. The van der Waals surface area contributed by atoms with Crippen LogP contribution in [0.3, 0.4) is 0 Å². The minimum atomic E-state index is -1.32. The van der Waals surface area contributed by atoms with Crippen LogP contribution in [0.15, 0.2) is 34.1 Å². The van der Waals surface area contributed by atoms with Crippen molar-refractivity contribution in [3.8, 4) is 0 Å². The molecule has 1 saturated carbocycles. The highest BCUT2D eigenvalue weighted by Crippen LogP contribution is 2.37. The Kier molecular flexibility index (Phi) is 6.98. The van der Waals surface area contributed by atoms with Crippen molar-refractivity contribution >= 4 is 46.3 Å². The van der Waals surface area contributed by atoms with Crippen LogP contribution in [-0.4, -0.2) is 61.8 Å². The highest BCUT2D eigenvalue weighted by atomic mass is 32.2. The summed E-state index contributed by atoms with van der Waals surface area (Å²) in [6.45, 7) is 3.15. The van der Waals surface area contributed by atoms with Gasteiger partial charge in [0.15, 0.2) is 11.6 Å². The van der Waals surface area contributed by atoms with Crippen molar-refractivity contribution in [2.75, 3.05) is 36.0 Å². The molecule has 10 nitrogen and oxygen atoms in total. The fourth-order valence-corrected chi connectivity index (χ4v) is 6.06. The summed E-state index contributed by atoms with van der Waals surface area (Å²) < 4.78 is 16.6. The topological polar surface area (TPSA) is 129 Å². The number of aromatic carboxylic acids is 1. The minimum absolute atomic E-state index is 0.00762. The molecule has 1 saturated heterocycles. The molecule has 3 aromatic rings. The smallest absolute Gasteiger partial charge is 0.341 e. The number of nitrogens with zero attached hydrogens (tertiary/aromatic N) is 4. The number of piperidine rings is 1. The van der Waals surface area contributed by atoms with Crippen molar-refractivity contribution in [1.29, 1.82) is 0 Å². The number of amides is 1. The van der Waals surface area contributed by atoms with Crippen molar-refractivity contribution < 1.29 is 19.1 Å². The Morgan fingerprint density at radius 2 is 1.97 bits per heavy atom. The van der Waals surface area contributed by atoms with E-state index < -0.39 is 17.2 Å². The third-order valence-corrected chi connectivity index (χ3v) is 8.65. The lowest BCUT2D eigenvalue weighted by Crippen LogP contribution is -2.34. The van der Waals surface area contributed by atoms with Crippen LogP contribution in [0.4, 0.5) is 16.0 Å². The van der Waals surface area contributed by atoms with Gasteiger partial charge in [-0.05, 0) is 69.3 Å². The number of hydrogen-bond acceptors (Lipinski definition) is 8. The van der Waals surface area contributed by atoms with Crippen molar-refractivity contribution in [2.45, 2.75) is 49.6 Å². The Morgan fingerprint density at radius 3 is 2.72 bits per heavy atom. The summed E-state index contributed by atoms with van der Waals surface area (Å²) in [6.07, 6.45) is 5.98. The second-order valence-corrected chi connectivity index (χ2v) is 11.4. The summed E-state index contributed by atoms with van der Waals surface area (Å²) >= 11 is 1.51. The molecule has 0 aromatic carbocycles. The summed E-state index contributed by atoms with van der Waals surface area (Å²) in [6, 6.07) is 5.23. The number of aromatic nitrogens is 3. The number of thioether (sulfide) groups is 1. The van der Waals surface area contributed by atoms with Gasteiger partial charge in [-0.1, -0.05) is 0 Å². The molecule has 6 rings (SSSR count). The van der Waals surface area contributed by atoms with Gasteiger partial charge in [-0.25, -0.2) is 19.2 Å². The Morgan fingerprint density at radius 1 is 1.18 bits per heavy atom. The van der Waals surface area contributed by atoms with Crippen molar-refractivity contribution in [2.24, 2.45) is 5.92 Å². The highest BCUT2D eigenvalue weighted by molar-refractivity contribution is 8.00. The standard InChI is InChI=1S/C27H29FN6O4S/c28-20-11-18-23(36)19(27(37)38)13-34(17-2-3-17)26(18)32-24(20)29-8-5-15-6-9-33(10-7-15)12-16-1-4-21-25(30-16)31-22(35)14-39-21/h1,4,11,13,15,17H,2-3,5-10,12,14H2,(H,29,32)(H,37,38)(H,30,31,35). The molecule has 3 N–H and O–H groups in total. The van der Waals surface area contributed by atoms with Gasteiger partial charge >= 0.3 is 5.97 Å². The Balaban J connectivity index is 1.05. The van der Waals surface area contributed by atoms with Gasteiger partial charge in [0.1, 0.15) is 17.0 Å². The summed E-state index contributed by atoms with van der Waals surface area (Å²) in [5.74, 6) is -0.346. The Labute approximate surface area is 228 Å². The van der Waals surface area contributed by atoms with E-state index in [0.717, 1.165) is 68.4 Å². The molecule has 2 fully saturated rings. The molecule has 5 heterocycles. The third kappa shape index (κ3) is 5.48. The predicted molar refractivity (Wildman–Crippen MR) is 146 cm³/mol. The molecule has 0 bridgehead atoms. The van der Waals surface area contributed by atoms with Crippen LogP contribution in [0.1, 0.15) is 54.2 Å². The zero-order chi connectivity index (χ0) is 27.1. The number of likely N-dealkylation sites (tertiary alicyclic amines) is 1. The molecule has 0 atom stereocenters. The van der Waals surface area contributed by atoms with Gasteiger partial charge in [0.25, 0.3) is 0 Å². The van der Waals surface area contributed by atoms with E-state index in [2.05, 4.69) is 25.5 Å². The lowest BCUT2D eigenvalue weighted by molar-refractivity contribution is -0.113. The molecule has 12 heteroatoms. The van der Waals surface area contributed by atoms with Crippen LogP contribution in [0.25, 0.3) is 11.0 Å². The number of pyridine rings is 3. The average Bonchev–Trinajstić information content (AvgIpc) is 3.76. The van der Waals surface area contributed by atoms with E-state index in [4.69, 9.17) is 0 Å². The largest absolute Gasteiger partial charge is 0.477 e. The quantitative estimate of drug-likeness (QED) is 0.383. The highest BCUT2D eigenvalue weighted by Gasteiger charge is 2.28. The molecule has 39 heavy (non-hydrogen) atoms. The molecule has 1 aliphatic carbocycles. The number of fused-ring (bicyclic) bond motifs is 2. The van der Waals surface area contributed by atoms with Gasteiger partial charge in [-0.2, -0.15) is 0 Å². The van der Waals surface area contributed by atoms with Crippen LogP contribution >= 0.6 is 11.8 Å². The molecule has 3 aliphatic rings. The van der Waals surface area contributed by atoms with E-state index in [-0.39, 0.29) is 28.7 Å². The second-order valence-electron chi connectivity index (χ2n) is 10.4. The first-order valence-corrected chi connectivity index (χ1v) is 14.2. The molecule has 0 spiro atoms. The lowest BCUT2D eigenvalue weighted by Gasteiger charge is -2.32. The second kappa shape index (κ2) is 10.6. The number of carboxylic acids is 1. The van der Waals surface area contributed by atoms with Gasteiger partial charge in [-0.3, -0.25) is 14.5 Å². The molecule has 0 unspecified atom stereocenters. The monoisotopic (exact) mass is 552 g/mol. The number of carbonyl (C=O) groups excluding carboxylic acids is 1. The number of halogens is 1. The predicted octanol–water partition coefficient (Wildman–Crippen LogP) is 3.72. The molecule has 3 aromatic heterocycles. The van der Waals surface area contributed by atoms with E-state index in [0.29, 0.717) is 29.7 Å². The van der Waals surface area contributed by atoms with Crippen LogP contribution in [0, 0.1) is 11.7 Å². The van der Waals surface area contributed by atoms with E-state index >= 15 is 0 Å². The number of carbonyl (C=O) groups is 2. The average molecular weight is 553 g/mol. The van der Waals surface area contributed by atoms with Crippen LogP contribution < -0.4 is 16.1 Å². The first kappa shape index (κ1) is 25.8.